The van der Waals surface area contributed by atoms with Gasteiger partial charge in [0.25, 0.3) is 0 Å². The highest BCUT2D eigenvalue weighted by molar-refractivity contribution is 5.95. The highest BCUT2D eigenvalue weighted by Gasteiger charge is 2.30. The molecule has 5 heteroatoms. The first-order valence-electron chi connectivity index (χ1n) is 10.1. The molecule has 0 spiro atoms. The first kappa shape index (κ1) is 18.2. The summed E-state index contributed by atoms with van der Waals surface area (Å²) in [4.78, 5) is 9.46. The highest BCUT2D eigenvalue weighted by Crippen LogP contribution is 2.30. The molecule has 2 fully saturated rings. The molecule has 3 heterocycles. The van der Waals surface area contributed by atoms with E-state index in [2.05, 4.69) is 46.8 Å². The summed E-state index contributed by atoms with van der Waals surface area (Å²) in [7, 11) is 0. The zero-order valence-electron chi connectivity index (χ0n) is 16.3. The van der Waals surface area contributed by atoms with Crippen molar-refractivity contribution < 1.29 is 4.74 Å². The van der Waals surface area contributed by atoms with Crippen LogP contribution in [0.15, 0.2) is 30.5 Å². The van der Waals surface area contributed by atoms with Crippen molar-refractivity contribution in [2.24, 2.45) is 0 Å². The van der Waals surface area contributed by atoms with Gasteiger partial charge in [-0.25, -0.2) is 0 Å². The molecule has 0 bridgehead atoms. The summed E-state index contributed by atoms with van der Waals surface area (Å²) in [5, 5.41) is 10.5. The van der Waals surface area contributed by atoms with Gasteiger partial charge in [0.15, 0.2) is 0 Å². The average molecular weight is 364 g/mol. The van der Waals surface area contributed by atoms with Crippen molar-refractivity contribution in [1.29, 1.82) is 5.26 Å². The minimum absolute atomic E-state index is 0.186. The van der Waals surface area contributed by atoms with Crippen molar-refractivity contribution in [3.05, 3.63) is 36.0 Å². The molecule has 5 nitrogen and oxygen atoms in total. The fourth-order valence-electron chi connectivity index (χ4n) is 4.56. The predicted molar refractivity (Wildman–Crippen MR) is 108 cm³/mol. The molecule has 1 aromatic heterocycles. The topological polar surface area (TPSA) is 52.4 Å². The minimum atomic E-state index is 0.186. The lowest BCUT2D eigenvalue weighted by molar-refractivity contribution is -0.0406. The van der Waals surface area contributed by atoms with E-state index in [1.807, 2.05) is 12.1 Å². The maximum atomic E-state index is 9.40. The number of pyridine rings is 1. The maximum absolute atomic E-state index is 9.40. The first-order chi connectivity index (χ1) is 13.2. The second-order valence-electron chi connectivity index (χ2n) is 7.96. The summed E-state index contributed by atoms with van der Waals surface area (Å²) in [6.45, 7) is 8.41. The fraction of sp³-hybridized carbons (Fsp3) is 0.545. The number of rotatable bonds is 3. The summed E-state index contributed by atoms with van der Waals surface area (Å²) >= 11 is 0. The molecule has 1 unspecified atom stereocenters. The van der Waals surface area contributed by atoms with Gasteiger partial charge in [-0.05, 0) is 57.5 Å². The van der Waals surface area contributed by atoms with E-state index >= 15 is 0 Å². The summed E-state index contributed by atoms with van der Waals surface area (Å²) in [6.07, 6.45) is 6.08. The third-order valence-corrected chi connectivity index (χ3v) is 5.91. The Morgan fingerprint density at radius 1 is 1.22 bits per heavy atom. The second-order valence-corrected chi connectivity index (χ2v) is 7.96. The molecule has 4 rings (SSSR count). The van der Waals surface area contributed by atoms with E-state index in [0.717, 1.165) is 36.2 Å². The lowest BCUT2D eigenvalue weighted by atomic mass is 10.0. The third kappa shape index (κ3) is 3.78. The molecule has 1 aromatic carbocycles. The standard InChI is InChI=1S/C22H28N4O/c1-16-6-3-4-11-25(16)14-19-15-26(13-17(2)27-19)21-9-8-18(12-23)22-20(21)7-5-10-24-22/h5,7-10,16-17,19H,3-4,6,11,13-15H2,1-2H3/t16?,17-,19+/m1/s1. The highest BCUT2D eigenvalue weighted by atomic mass is 16.5. The number of piperidine rings is 1. The Balaban J connectivity index is 1.58. The van der Waals surface area contributed by atoms with Crippen LogP contribution in [0, 0.1) is 11.3 Å². The molecular weight excluding hydrogens is 336 g/mol. The average Bonchev–Trinajstić information content (AvgIpc) is 2.68. The smallest absolute Gasteiger partial charge is 0.101 e. The lowest BCUT2D eigenvalue weighted by Crippen LogP contribution is -2.52. The van der Waals surface area contributed by atoms with Crippen molar-refractivity contribution >= 4 is 16.6 Å². The van der Waals surface area contributed by atoms with Gasteiger partial charge in [-0.15, -0.1) is 0 Å². The monoisotopic (exact) mass is 364 g/mol. The molecule has 142 valence electrons. The van der Waals surface area contributed by atoms with E-state index < -0.39 is 0 Å². The van der Waals surface area contributed by atoms with Crippen molar-refractivity contribution in [3.8, 4) is 6.07 Å². The Morgan fingerprint density at radius 2 is 2.11 bits per heavy atom. The van der Waals surface area contributed by atoms with Crippen molar-refractivity contribution in [3.63, 3.8) is 0 Å². The predicted octanol–water partition coefficient (Wildman–Crippen LogP) is 3.57. The Kier molecular flexibility index (Phi) is 5.29. The van der Waals surface area contributed by atoms with Gasteiger partial charge in [0.1, 0.15) is 6.07 Å². The number of hydrogen-bond acceptors (Lipinski definition) is 5. The molecule has 0 N–H and O–H groups in total. The van der Waals surface area contributed by atoms with Crippen LogP contribution in [0.2, 0.25) is 0 Å². The van der Waals surface area contributed by atoms with Gasteiger partial charge >= 0.3 is 0 Å². The molecular formula is C22H28N4O. The minimum Gasteiger partial charge on any atom is -0.370 e. The SMILES string of the molecule is CC1CCCCN1C[C@H]1CN(c2ccc(C#N)c3ncccc23)C[C@@H](C)O1. The normalized spacial score (nSPS) is 26.9. The van der Waals surface area contributed by atoms with Gasteiger partial charge in [0, 0.05) is 42.9 Å². The van der Waals surface area contributed by atoms with Gasteiger partial charge in [0.05, 0.1) is 23.3 Å². The van der Waals surface area contributed by atoms with Crippen molar-refractivity contribution in [2.75, 3.05) is 31.1 Å². The zero-order valence-corrected chi connectivity index (χ0v) is 16.3. The Bertz CT molecular complexity index is 846. The summed E-state index contributed by atoms with van der Waals surface area (Å²) < 4.78 is 6.29. The van der Waals surface area contributed by atoms with E-state index in [9.17, 15) is 5.26 Å². The summed E-state index contributed by atoms with van der Waals surface area (Å²) in [5.74, 6) is 0. The third-order valence-electron chi connectivity index (χ3n) is 5.91. The van der Waals surface area contributed by atoms with Crippen LogP contribution in [0.3, 0.4) is 0 Å². The molecule has 3 atom stereocenters. The molecule has 2 aromatic rings. The number of ether oxygens (including phenoxy) is 1. The van der Waals surface area contributed by atoms with Crippen LogP contribution in [0.5, 0.6) is 0 Å². The first-order valence-corrected chi connectivity index (χ1v) is 10.1. The molecule has 0 radical (unpaired) electrons. The lowest BCUT2D eigenvalue weighted by Gasteiger charge is -2.42. The van der Waals surface area contributed by atoms with Crippen LogP contribution in [0.1, 0.15) is 38.7 Å². The van der Waals surface area contributed by atoms with E-state index in [1.54, 1.807) is 6.20 Å². The number of morpholine rings is 1. The van der Waals surface area contributed by atoms with Gasteiger partial charge in [-0.1, -0.05) is 6.42 Å². The quantitative estimate of drug-likeness (QED) is 0.833. The van der Waals surface area contributed by atoms with Crippen LogP contribution in [0.25, 0.3) is 10.9 Å². The molecule has 27 heavy (non-hydrogen) atoms. The molecule has 0 saturated carbocycles. The van der Waals surface area contributed by atoms with Crippen LogP contribution < -0.4 is 4.90 Å². The largest absolute Gasteiger partial charge is 0.370 e. The molecule has 2 aliphatic rings. The molecule has 0 amide bonds. The van der Waals surface area contributed by atoms with E-state index in [4.69, 9.17) is 4.74 Å². The van der Waals surface area contributed by atoms with E-state index in [1.165, 1.54) is 25.8 Å². The number of aromatic nitrogens is 1. The molecule has 2 saturated heterocycles. The summed E-state index contributed by atoms with van der Waals surface area (Å²) in [5.41, 5.74) is 2.58. The van der Waals surface area contributed by atoms with E-state index in [0.29, 0.717) is 11.6 Å². The molecule has 0 aliphatic carbocycles. The van der Waals surface area contributed by atoms with Crippen LogP contribution in [-0.4, -0.2) is 54.3 Å². The fourth-order valence-corrected chi connectivity index (χ4v) is 4.56. The van der Waals surface area contributed by atoms with Gasteiger partial charge < -0.3 is 9.64 Å². The number of anilines is 1. The van der Waals surface area contributed by atoms with Gasteiger partial charge in [-0.2, -0.15) is 5.26 Å². The molecule has 2 aliphatic heterocycles. The number of hydrogen-bond donors (Lipinski definition) is 0. The number of fused-ring (bicyclic) bond motifs is 1. The second kappa shape index (κ2) is 7.84. The number of likely N-dealkylation sites (tertiary alicyclic amines) is 1. The van der Waals surface area contributed by atoms with E-state index in [-0.39, 0.29) is 12.2 Å². The van der Waals surface area contributed by atoms with Crippen LogP contribution in [0.4, 0.5) is 5.69 Å². The summed E-state index contributed by atoms with van der Waals surface area (Å²) in [6, 6.07) is 10.9. The Morgan fingerprint density at radius 3 is 2.93 bits per heavy atom. The number of nitriles is 1. The zero-order chi connectivity index (χ0) is 18.8. The van der Waals surface area contributed by atoms with Crippen molar-refractivity contribution in [1.82, 2.24) is 9.88 Å². The number of benzene rings is 1. The van der Waals surface area contributed by atoms with Gasteiger partial charge in [0.2, 0.25) is 0 Å². The number of nitrogens with zero attached hydrogens (tertiary/aromatic N) is 4. The maximum Gasteiger partial charge on any atom is 0.101 e. The van der Waals surface area contributed by atoms with Crippen LogP contribution >= 0.6 is 0 Å². The van der Waals surface area contributed by atoms with Gasteiger partial charge in [-0.3, -0.25) is 9.88 Å². The van der Waals surface area contributed by atoms with Crippen LogP contribution in [-0.2, 0) is 4.74 Å². The Hall–Kier alpha value is -2.16. The van der Waals surface area contributed by atoms with Crippen molar-refractivity contribution in [2.45, 2.75) is 51.4 Å². The Labute approximate surface area is 161 Å².